The molecular weight excluding hydrogens is 430 g/mol. The first kappa shape index (κ1) is 22.4. The molecule has 0 amide bonds. The Hall–Kier alpha value is -2.82. The van der Waals surface area contributed by atoms with E-state index in [1.807, 2.05) is 56.3 Å². The highest BCUT2D eigenvalue weighted by atomic mass is 32.2. The summed E-state index contributed by atoms with van der Waals surface area (Å²) in [6, 6.07) is 9.93. The Morgan fingerprint density at radius 1 is 1.19 bits per heavy atom. The lowest BCUT2D eigenvalue weighted by molar-refractivity contribution is -0.0566. The maximum Gasteiger partial charge on any atom is 0.243 e. The summed E-state index contributed by atoms with van der Waals surface area (Å²) in [5, 5.41) is 0. The first-order valence-corrected chi connectivity index (χ1v) is 12.2. The fourth-order valence-electron chi connectivity index (χ4n) is 3.59. The first-order chi connectivity index (χ1) is 15.2. The summed E-state index contributed by atoms with van der Waals surface area (Å²) in [5.74, 6) is 0.342. The number of sulfonamides is 1. The molecule has 170 valence electrons. The molecule has 0 aliphatic carbocycles. The number of hydrogen-bond donors (Lipinski definition) is 0. The van der Waals surface area contributed by atoms with Gasteiger partial charge in [0.25, 0.3) is 0 Å². The van der Waals surface area contributed by atoms with E-state index in [2.05, 4.69) is 9.97 Å². The highest BCUT2D eigenvalue weighted by Crippen LogP contribution is 2.29. The molecule has 0 bridgehead atoms. The van der Waals surface area contributed by atoms with Gasteiger partial charge >= 0.3 is 0 Å². The molecular formula is C22H27N5O4S. The third kappa shape index (κ3) is 4.82. The standard InChI is InChI=1S/C22H27N5O4S/c1-15(20-14-27(11-12-30-20)32(4,28)29)31-22-21-19(23-9-10-24-21)13-18(25-22)16-5-7-17(8-6-16)26(2)3/h5-10,13,15,20H,11-12,14H2,1-4H3/t15-,20+/m1/s1. The number of rotatable bonds is 6. The van der Waals surface area contributed by atoms with Gasteiger partial charge in [0.1, 0.15) is 12.2 Å². The van der Waals surface area contributed by atoms with Crippen LogP contribution in [-0.4, -0.2) is 79.9 Å². The number of benzene rings is 1. The Morgan fingerprint density at radius 3 is 2.59 bits per heavy atom. The number of fused-ring (bicyclic) bond motifs is 1. The Morgan fingerprint density at radius 2 is 1.91 bits per heavy atom. The minimum absolute atomic E-state index is 0.231. The molecule has 0 unspecified atom stereocenters. The molecule has 1 fully saturated rings. The Balaban J connectivity index is 1.64. The van der Waals surface area contributed by atoms with Gasteiger partial charge < -0.3 is 14.4 Å². The van der Waals surface area contributed by atoms with E-state index in [1.165, 1.54) is 10.6 Å². The molecule has 1 aromatic carbocycles. The molecule has 1 saturated heterocycles. The van der Waals surface area contributed by atoms with Gasteiger partial charge in [-0.25, -0.2) is 18.4 Å². The van der Waals surface area contributed by atoms with Crippen LogP contribution in [0.4, 0.5) is 5.69 Å². The maximum atomic E-state index is 12.0. The summed E-state index contributed by atoms with van der Waals surface area (Å²) in [6.45, 7) is 2.74. The second-order valence-corrected chi connectivity index (χ2v) is 10.0. The predicted octanol–water partition coefficient (Wildman–Crippen LogP) is 2.19. The maximum absolute atomic E-state index is 12.0. The van der Waals surface area contributed by atoms with E-state index >= 15 is 0 Å². The van der Waals surface area contributed by atoms with Crippen molar-refractivity contribution in [3.05, 3.63) is 42.7 Å². The van der Waals surface area contributed by atoms with E-state index in [9.17, 15) is 8.42 Å². The number of aromatic nitrogens is 3. The molecule has 9 nitrogen and oxygen atoms in total. The minimum atomic E-state index is -3.30. The lowest BCUT2D eigenvalue weighted by atomic mass is 10.1. The van der Waals surface area contributed by atoms with Crippen molar-refractivity contribution < 1.29 is 17.9 Å². The average Bonchev–Trinajstić information content (AvgIpc) is 2.78. The summed E-state index contributed by atoms with van der Waals surface area (Å²) in [5.41, 5.74) is 3.94. The topological polar surface area (TPSA) is 97.8 Å². The Labute approximate surface area is 188 Å². The predicted molar refractivity (Wildman–Crippen MR) is 123 cm³/mol. The third-order valence-electron chi connectivity index (χ3n) is 5.45. The zero-order valence-electron chi connectivity index (χ0n) is 18.6. The molecule has 0 radical (unpaired) electrons. The fraction of sp³-hybridized carbons (Fsp3) is 0.409. The average molecular weight is 458 g/mol. The quantitative estimate of drug-likeness (QED) is 0.556. The minimum Gasteiger partial charge on any atom is -0.470 e. The van der Waals surface area contributed by atoms with Crippen LogP contribution in [0.5, 0.6) is 5.88 Å². The van der Waals surface area contributed by atoms with Gasteiger partial charge in [-0.15, -0.1) is 0 Å². The first-order valence-electron chi connectivity index (χ1n) is 10.4. The van der Waals surface area contributed by atoms with Crippen LogP contribution >= 0.6 is 0 Å². The summed E-state index contributed by atoms with van der Waals surface area (Å²) in [6.07, 6.45) is 3.56. The molecule has 0 spiro atoms. The highest BCUT2D eigenvalue weighted by molar-refractivity contribution is 7.88. The Bertz CT molecular complexity index is 1200. The van der Waals surface area contributed by atoms with Gasteiger partial charge in [0.2, 0.25) is 15.9 Å². The van der Waals surface area contributed by atoms with Crippen molar-refractivity contribution in [2.75, 3.05) is 44.9 Å². The molecule has 10 heteroatoms. The molecule has 3 heterocycles. The Kier molecular flexibility index (Phi) is 6.27. The number of nitrogens with zero attached hydrogens (tertiary/aromatic N) is 5. The van der Waals surface area contributed by atoms with Crippen molar-refractivity contribution in [3.63, 3.8) is 0 Å². The second-order valence-electron chi connectivity index (χ2n) is 8.03. The number of anilines is 1. The van der Waals surface area contributed by atoms with E-state index in [-0.39, 0.29) is 6.54 Å². The van der Waals surface area contributed by atoms with Crippen LogP contribution in [0.3, 0.4) is 0 Å². The van der Waals surface area contributed by atoms with Crippen LogP contribution in [-0.2, 0) is 14.8 Å². The van der Waals surface area contributed by atoms with Gasteiger partial charge in [0.05, 0.1) is 24.1 Å². The summed E-state index contributed by atoms with van der Waals surface area (Å²) < 4.78 is 37.3. The van der Waals surface area contributed by atoms with Crippen LogP contribution < -0.4 is 9.64 Å². The molecule has 32 heavy (non-hydrogen) atoms. The van der Waals surface area contributed by atoms with Gasteiger partial charge in [0.15, 0.2) is 5.52 Å². The van der Waals surface area contributed by atoms with Gasteiger partial charge in [-0.1, -0.05) is 12.1 Å². The van der Waals surface area contributed by atoms with Crippen LogP contribution in [0.15, 0.2) is 42.7 Å². The van der Waals surface area contributed by atoms with Gasteiger partial charge in [0, 0.05) is 50.8 Å². The van der Waals surface area contributed by atoms with Gasteiger partial charge in [-0.3, -0.25) is 4.98 Å². The molecule has 3 aromatic rings. The number of ether oxygens (including phenoxy) is 2. The molecule has 4 rings (SSSR count). The normalized spacial score (nSPS) is 18.4. The van der Waals surface area contributed by atoms with Crippen LogP contribution in [0, 0.1) is 0 Å². The van der Waals surface area contributed by atoms with Gasteiger partial charge in [-0.05, 0) is 25.1 Å². The van der Waals surface area contributed by atoms with Crippen LogP contribution in [0.1, 0.15) is 6.92 Å². The number of morpholine rings is 1. The smallest absolute Gasteiger partial charge is 0.243 e. The highest BCUT2D eigenvalue weighted by Gasteiger charge is 2.31. The molecule has 0 N–H and O–H groups in total. The zero-order valence-corrected chi connectivity index (χ0v) is 19.4. The van der Waals surface area contributed by atoms with Crippen LogP contribution in [0.25, 0.3) is 22.3 Å². The second kappa shape index (κ2) is 8.97. The lowest BCUT2D eigenvalue weighted by Crippen LogP contribution is -2.50. The van der Waals surface area contributed by atoms with E-state index < -0.39 is 22.2 Å². The van der Waals surface area contributed by atoms with E-state index in [0.717, 1.165) is 11.3 Å². The fourth-order valence-corrected chi connectivity index (χ4v) is 4.42. The van der Waals surface area contributed by atoms with Crippen molar-refractivity contribution in [1.29, 1.82) is 0 Å². The number of hydrogen-bond acceptors (Lipinski definition) is 8. The largest absolute Gasteiger partial charge is 0.470 e. The molecule has 1 aliphatic heterocycles. The molecule has 0 saturated carbocycles. The summed E-state index contributed by atoms with van der Waals surface area (Å²) in [4.78, 5) is 15.6. The lowest BCUT2D eigenvalue weighted by Gasteiger charge is -2.34. The molecule has 2 atom stereocenters. The SMILES string of the molecule is C[C@@H](Oc1nc(-c2ccc(N(C)C)cc2)cc2nccnc12)[C@@H]1CN(S(C)(=O)=O)CCO1. The zero-order chi connectivity index (χ0) is 22.9. The van der Waals surface area contributed by atoms with Crippen molar-refractivity contribution in [1.82, 2.24) is 19.3 Å². The van der Waals surface area contributed by atoms with Crippen molar-refractivity contribution in [2.24, 2.45) is 0 Å². The molecule has 2 aromatic heterocycles. The number of pyridine rings is 1. The van der Waals surface area contributed by atoms with Crippen molar-refractivity contribution in [2.45, 2.75) is 19.1 Å². The van der Waals surface area contributed by atoms with Crippen molar-refractivity contribution in [3.8, 4) is 17.1 Å². The summed E-state index contributed by atoms with van der Waals surface area (Å²) >= 11 is 0. The monoisotopic (exact) mass is 457 g/mol. The third-order valence-corrected chi connectivity index (χ3v) is 6.72. The molecule has 1 aliphatic rings. The van der Waals surface area contributed by atoms with Crippen LogP contribution in [0.2, 0.25) is 0 Å². The van der Waals surface area contributed by atoms with E-state index in [4.69, 9.17) is 14.5 Å². The van der Waals surface area contributed by atoms with Crippen molar-refractivity contribution >= 4 is 26.7 Å². The van der Waals surface area contributed by atoms with E-state index in [0.29, 0.717) is 35.8 Å². The summed E-state index contributed by atoms with van der Waals surface area (Å²) in [7, 11) is 0.685. The van der Waals surface area contributed by atoms with Gasteiger partial charge in [-0.2, -0.15) is 4.31 Å². The van der Waals surface area contributed by atoms with E-state index in [1.54, 1.807) is 12.4 Å².